The molecule has 1 amide bonds. The maximum absolute atomic E-state index is 12.9. The van der Waals surface area contributed by atoms with Gasteiger partial charge in [0.15, 0.2) is 0 Å². The first kappa shape index (κ1) is 21.7. The second kappa shape index (κ2) is 9.33. The van der Waals surface area contributed by atoms with Crippen molar-refractivity contribution < 1.29 is 9.53 Å². The molecule has 32 heavy (non-hydrogen) atoms. The number of carbonyl (C=O) groups is 1. The summed E-state index contributed by atoms with van der Waals surface area (Å²) in [5.74, 6) is 1.03. The number of aromatic nitrogens is 2. The summed E-state index contributed by atoms with van der Waals surface area (Å²) >= 11 is 1.23. The van der Waals surface area contributed by atoms with Crippen LogP contribution in [0.25, 0.3) is 10.2 Å². The smallest absolute Gasteiger partial charge is 0.266 e. The second-order valence-electron chi connectivity index (χ2n) is 7.74. The maximum Gasteiger partial charge on any atom is 0.266 e. The lowest BCUT2D eigenvalue weighted by atomic mass is 10.2. The predicted octanol–water partition coefficient (Wildman–Crippen LogP) is 4.19. The van der Waals surface area contributed by atoms with E-state index in [1.165, 1.54) is 11.3 Å². The lowest BCUT2D eigenvalue weighted by Gasteiger charge is -2.08. The molecule has 0 saturated carbocycles. The number of fused-ring (bicyclic) bond motifs is 1. The zero-order valence-electron chi connectivity index (χ0n) is 18.1. The number of carbonyl (C=O) groups excluding carboxylic acids is 1. The van der Waals surface area contributed by atoms with Crippen LogP contribution >= 0.6 is 11.3 Å². The van der Waals surface area contributed by atoms with Gasteiger partial charge in [0.05, 0.1) is 16.8 Å². The highest BCUT2D eigenvalue weighted by atomic mass is 32.1. The highest BCUT2D eigenvalue weighted by Crippen LogP contribution is 2.28. The van der Waals surface area contributed by atoms with Gasteiger partial charge in [-0.05, 0) is 56.4 Å². The minimum Gasteiger partial charge on any atom is -0.489 e. The summed E-state index contributed by atoms with van der Waals surface area (Å²) in [5.41, 5.74) is 2.14. The number of nitrogens with one attached hydrogen (secondary N) is 2. The number of thiophene rings is 1. The van der Waals surface area contributed by atoms with Crippen LogP contribution in [0.3, 0.4) is 0 Å². The molecule has 4 rings (SSSR count). The van der Waals surface area contributed by atoms with E-state index in [4.69, 9.17) is 4.74 Å². The van der Waals surface area contributed by atoms with Gasteiger partial charge < -0.3 is 19.9 Å². The third kappa shape index (κ3) is 4.87. The normalized spacial score (nSPS) is 11.1. The van der Waals surface area contributed by atoms with Gasteiger partial charge >= 0.3 is 0 Å². The molecule has 2 aromatic heterocycles. The van der Waals surface area contributed by atoms with Gasteiger partial charge in [-0.2, -0.15) is 0 Å². The molecule has 0 fully saturated rings. The lowest BCUT2D eigenvalue weighted by Crippen LogP contribution is -2.18. The SMILES string of the molecule is Cc1c(C(=O)Nc2ccc(OCc3ccccc3)cc2)sc2nc(CN(C)C)[nH]c(=O)c12. The fourth-order valence-electron chi connectivity index (χ4n) is 3.34. The van der Waals surface area contributed by atoms with Gasteiger partial charge in [-0.3, -0.25) is 9.59 Å². The first-order valence-corrected chi connectivity index (χ1v) is 11.0. The van der Waals surface area contributed by atoms with Crippen molar-refractivity contribution in [2.45, 2.75) is 20.1 Å². The van der Waals surface area contributed by atoms with E-state index in [1.54, 1.807) is 19.1 Å². The molecule has 4 aromatic rings. The average molecular weight is 449 g/mol. The van der Waals surface area contributed by atoms with Gasteiger partial charge in [0.1, 0.15) is 23.0 Å². The Morgan fingerprint density at radius 2 is 1.84 bits per heavy atom. The zero-order valence-corrected chi connectivity index (χ0v) is 19.0. The molecule has 0 unspecified atom stereocenters. The lowest BCUT2D eigenvalue weighted by molar-refractivity contribution is 0.103. The number of hydrogen-bond donors (Lipinski definition) is 2. The Balaban J connectivity index is 1.48. The van der Waals surface area contributed by atoms with Gasteiger partial charge in [0.25, 0.3) is 11.5 Å². The third-order valence-electron chi connectivity index (χ3n) is 4.88. The van der Waals surface area contributed by atoms with Crippen molar-refractivity contribution in [3.63, 3.8) is 0 Å². The summed E-state index contributed by atoms with van der Waals surface area (Å²) in [7, 11) is 3.81. The van der Waals surface area contributed by atoms with Crippen molar-refractivity contribution in [2.75, 3.05) is 19.4 Å². The number of benzene rings is 2. The first-order valence-electron chi connectivity index (χ1n) is 10.2. The van der Waals surface area contributed by atoms with E-state index >= 15 is 0 Å². The molecule has 2 aromatic carbocycles. The summed E-state index contributed by atoms with van der Waals surface area (Å²) < 4.78 is 5.79. The van der Waals surface area contributed by atoms with Gasteiger partial charge in [0.2, 0.25) is 0 Å². The van der Waals surface area contributed by atoms with Crippen molar-refractivity contribution >= 4 is 33.1 Å². The van der Waals surface area contributed by atoms with Crippen LogP contribution in [-0.4, -0.2) is 34.9 Å². The molecule has 7 nitrogen and oxygen atoms in total. The van der Waals surface area contributed by atoms with Crippen LogP contribution < -0.4 is 15.6 Å². The van der Waals surface area contributed by atoms with Crippen molar-refractivity contribution in [1.29, 1.82) is 0 Å². The Labute approximate surface area is 189 Å². The van der Waals surface area contributed by atoms with E-state index in [0.717, 1.165) is 5.56 Å². The maximum atomic E-state index is 12.9. The number of hydrogen-bond acceptors (Lipinski definition) is 6. The largest absolute Gasteiger partial charge is 0.489 e. The van der Waals surface area contributed by atoms with Crippen LogP contribution in [0.1, 0.15) is 26.6 Å². The molecule has 0 bridgehead atoms. The first-order chi connectivity index (χ1) is 15.4. The fourth-order valence-corrected chi connectivity index (χ4v) is 4.44. The minimum atomic E-state index is -0.267. The van der Waals surface area contributed by atoms with E-state index in [-0.39, 0.29) is 11.5 Å². The minimum absolute atomic E-state index is 0.223. The van der Waals surface area contributed by atoms with E-state index in [0.29, 0.717) is 51.1 Å². The van der Waals surface area contributed by atoms with E-state index < -0.39 is 0 Å². The van der Waals surface area contributed by atoms with Gasteiger partial charge in [-0.15, -0.1) is 11.3 Å². The van der Waals surface area contributed by atoms with Crippen molar-refractivity contribution in [3.05, 3.63) is 86.8 Å². The number of amides is 1. The Kier molecular flexibility index (Phi) is 6.34. The molecular weight excluding hydrogens is 424 g/mol. The predicted molar refractivity (Wildman–Crippen MR) is 128 cm³/mol. The standard InChI is InChI=1S/C24H24N4O3S/c1-15-20-22(29)26-19(13-28(2)3)27-24(20)32-21(15)23(30)25-17-9-11-18(12-10-17)31-14-16-7-5-4-6-8-16/h4-12H,13-14H2,1-3H3,(H,25,30)(H,26,27,29). The molecular formula is C24H24N4O3S. The van der Waals surface area contributed by atoms with Crippen LogP contribution in [0, 0.1) is 6.92 Å². The van der Waals surface area contributed by atoms with E-state index in [2.05, 4.69) is 15.3 Å². The molecule has 164 valence electrons. The Morgan fingerprint density at radius 3 is 2.53 bits per heavy atom. The summed E-state index contributed by atoms with van der Waals surface area (Å²) in [4.78, 5) is 35.7. The fraction of sp³-hybridized carbons (Fsp3) is 0.208. The van der Waals surface area contributed by atoms with Crippen LogP contribution in [0.2, 0.25) is 0 Å². The summed E-state index contributed by atoms with van der Waals surface area (Å²) in [5, 5.41) is 3.36. The summed E-state index contributed by atoms with van der Waals surface area (Å²) in [6.07, 6.45) is 0. The van der Waals surface area contributed by atoms with Crippen LogP contribution in [0.5, 0.6) is 5.75 Å². The third-order valence-corrected chi connectivity index (χ3v) is 6.07. The number of H-pyrrole nitrogens is 1. The molecule has 0 atom stereocenters. The zero-order chi connectivity index (χ0) is 22.7. The average Bonchev–Trinajstić information content (AvgIpc) is 3.10. The van der Waals surface area contributed by atoms with Crippen molar-refractivity contribution in [1.82, 2.24) is 14.9 Å². The number of anilines is 1. The highest BCUT2D eigenvalue weighted by molar-refractivity contribution is 7.20. The quantitative estimate of drug-likeness (QED) is 0.443. The molecule has 2 N–H and O–H groups in total. The topological polar surface area (TPSA) is 87.3 Å². The van der Waals surface area contributed by atoms with E-state index in [9.17, 15) is 9.59 Å². The molecule has 0 spiro atoms. The molecule has 0 aliphatic carbocycles. The number of ether oxygens (including phenoxy) is 1. The Hall–Kier alpha value is -3.49. The van der Waals surface area contributed by atoms with Crippen LogP contribution in [-0.2, 0) is 13.2 Å². The number of rotatable bonds is 7. The molecule has 0 aliphatic heterocycles. The number of aromatic amines is 1. The number of aryl methyl sites for hydroxylation is 1. The van der Waals surface area contributed by atoms with E-state index in [1.807, 2.05) is 61.5 Å². The van der Waals surface area contributed by atoms with Crippen molar-refractivity contribution in [3.8, 4) is 5.75 Å². The van der Waals surface area contributed by atoms with Crippen molar-refractivity contribution in [2.24, 2.45) is 0 Å². The van der Waals surface area contributed by atoms with Crippen LogP contribution in [0.15, 0.2) is 59.4 Å². The summed E-state index contributed by atoms with van der Waals surface area (Å²) in [6.45, 7) is 2.77. The Morgan fingerprint density at radius 1 is 1.12 bits per heavy atom. The number of nitrogens with zero attached hydrogens (tertiary/aromatic N) is 2. The molecule has 0 saturated heterocycles. The van der Waals surface area contributed by atoms with Gasteiger partial charge in [-0.1, -0.05) is 30.3 Å². The van der Waals surface area contributed by atoms with Gasteiger partial charge in [-0.25, -0.2) is 4.98 Å². The molecule has 0 aliphatic rings. The summed E-state index contributed by atoms with van der Waals surface area (Å²) in [6, 6.07) is 17.1. The van der Waals surface area contributed by atoms with Gasteiger partial charge in [0, 0.05) is 5.69 Å². The molecule has 8 heteroatoms. The van der Waals surface area contributed by atoms with Crippen LogP contribution in [0.4, 0.5) is 5.69 Å². The monoisotopic (exact) mass is 448 g/mol. The Bertz CT molecular complexity index is 1290. The highest BCUT2D eigenvalue weighted by Gasteiger charge is 2.19. The molecule has 0 radical (unpaired) electrons. The second-order valence-corrected chi connectivity index (χ2v) is 8.74. The molecule has 2 heterocycles.